The van der Waals surface area contributed by atoms with Crippen LogP contribution in [0.2, 0.25) is 0 Å². The van der Waals surface area contributed by atoms with Gasteiger partial charge < -0.3 is 5.32 Å². The van der Waals surface area contributed by atoms with E-state index in [4.69, 9.17) is 0 Å². The lowest BCUT2D eigenvalue weighted by Gasteiger charge is -2.24. The van der Waals surface area contributed by atoms with E-state index in [1.807, 2.05) is 0 Å². The molecule has 0 spiro atoms. The van der Waals surface area contributed by atoms with Crippen LogP contribution >= 0.6 is 11.5 Å². The average Bonchev–Trinajstić information content (AvgIpc) is 2.82. The summed E-state index contributed by atoms with van der Waals surface area (Å²) in [6.45, 7) is 0. The molecule has 1 aromatic carbocycles. The van der Waals surface area contributed by atoms with Gasteiger partial charge in [-0.1, -0.05) is 24.3 Å². The highest BCUT2D eigenvalue weighted by atomic mass is 32.1. The number of anilines is 1. The van der Waals surface area contributed by atoms with Crippen molar-refractivity contribution in [2.24, 2.45) is 0 Å². The lowest BCUT2D eigenvalue weighted by atomic mass is 9.88. The van der Waals surface area contributed by atoms with E-state index in [1.165, 1.54) is 29.1 Å². The number of hydrogen-bond donors (Lipinski definition) is 1. The van der Waals surface area contributed by atoms with Gasteiger partial charge in [0.25, 0.3) is 0 Å². The maximum absolute atomic E-state index is 4.16. The van der Waals surface area contributed by atoms with E-state index in [1.54, 1.807) is 6.33 Å². The van der Waals surface area contributed by atoms with Gasteiger partial charge in [-0.05, 0) is 30.4 Å². The molecule has 4 heteroatoms. The molecule has 82 valence electrons. The summed E-state index contributed by atoms with van der Waals surface area (Å²) < 4.78 is 4.00. The van der Waals surface area contributed by atoms with Gasteiger partial charge in [0.1, 0.15) is 6.33 Å². The molecule has 1 aromatic heterocycles. The van der Waals surface area contributed by atoms with Crippen LogP contribution in [0.4, 0.5) is 5.13 Å². The molecule has 3 rings (SSSR count). The van der Waals surface area contributed by atoms with Gasteiger partial charge >= 0.3 is 0 Å². The smallest absolute Gasteiger partial charge is 0.202 e. The predicted molar refractivity (Wildman–Crippen MR) is 65.8 cm³/mol. The van der Waals surface area contributed by atoms with Gasteiger partial charge in [-0.2, -0.15) is 4.37 Å². The van der Waals surface area contributed by atoms with Crippen molar-refractivity contribution >= 4 is 16.7 Å². The second kappa shape index (κ2) is 4.22. The summed E-state index contributed by atoms with van der Waals surface area (Å²) in [5, 5.41) is 4.38. The number of hydrogen-bond acceptors (Lipinski definition) is 4. The number of aryl methyl sites for hydroxylation is 1. The van der Waals surface area contributed by atoms with Crippen LogP contribution < -0.4 is 5.32 Å². The Hall–Kier alpha value is -1.42. The summed E-state index contributed by atoms with van der Waals surface area (Å²) in [5.74, 6) is 0. The standard InChI is InChI=1S/C12H13N3S/c1-2-4-10-7-11(6-5-9(10)3-1)15-12-13-8-14-16-12/h1-4,8,11H,5-7H2,(H,13,14,15). The van der Waals surface area contributed by atoms with Gasteiger partial charge in [-0.25, -0.2) is 4.98 Å². The van der Waals surface area contributed by atoms with Crippen LogP contribution in [0.15, 0.2) is 30.6 Å². The van der Waals surface area contributed by atoms with Crippen molar-refractivity contribution in [2.45, 2.75) is 25.3 Å². The van der Waals surface area contributed by atoms with Crippen molar-refractivity contribution in [2.75, 3.05) is 5.32 Å². The molecule has 3 nitrogen and oxygen atoms in total. The van der Waals surface area contributed by atoms with Crippen molar-refractivity contribution in [3.63, 3.8) is 0 Å². The van der Waals surface area contributed by atoms with Crippen LogP contribution in [-0.4, -0.2) is 15.4 Å². The highest BCUT2D eigenvalue weighted by Crippen LogP contribution is 2.23. The Labute approximate surface area is 98.7 Å². The van der Waals surface area contributed by atoms with Crippen LogP contribution in [0, 0.1) is 0 Å². The molecule has 2 aromatic rings. The molecule has 16 heavy (non-hydrogen) atoms. The maximum Gasteiger partial charge on any atom is 0.202 e. The van der Waals surface area contributed by atoms with Crippen molar-refractivity contribution in [3.8, 4) is 0 Å². The summed E-state index contributed by atoms with van der Waals surface area (Å²) in [6, 6.07) is 9.20. The summed E-state index contributed by atoms with van der Waals surface area (Å²) in [6.07, 6.45) is 5.03. The first-order valence-electron chi connectivity index (χ1n) is 5.52. The zero-order valence-electron chi connectivity index (χ0n) is 8.89. The summed E-state index contributed by atoms with van der Waals surface area (Å²) in [4.78, 5) is 4.16. The minimum absolute atomic E-state index is 0.503. The molecule has 0 fully saturated rings. The summed E-state index contributed by atoms with van der Waals surface area (Å²) >= 11 is 1.43. The first-order valence-corrected chi connectivity index (χ1v) is 6.29. The lowest BCUT2D eigenvalue weighted by Crippen LogP contribution is -2.27. The number of fused-ring (bicyclic) bond motifs is 1. The molecule has 0 saturated carbocycles. The van der Waals surface area contributed by atoms with E-state index >= 15 is 0 Å². The van der Waals surface area contributed by atoms with Crippen molar-refractivity contribution in [3.05, 3.63) is 41.7 Å². The molecule has 0 amide bonds. The maximum atomic E-state index is 4.16. The number of nitrogens with one attached hydrogen (secondary N) is 1. The van der Waals surface area contributed by atoms with Crippen LogP contribution in [0.5, 0.6) is 0 Å². The zero-order chi connectivity index (χ0) is 10.8. The van der Waals surface area contributed by atoms with E-state index in [-0.39, 0.29) is 0 Å². The lowest BCUT2D eigenvalue weighted by molar-refractivity contribution is 0.610. The third-order valence-electron chi connectivity index (χ3n) is 3.04. The number of nitrogens with zero attached hydrogens (tertiary/aromatic N) is 2. The first-order chi connectivity index (χ1) is 7.92. The molecule has 1 aliphatic rings. The predicted octanol–water partition coefficient (Wildman–Crippen LogP) is 2.51. The molecule has 1 heterocycles. The fraction of sp³-hybridized carbons (Fsp3) is 0.333. The third-order valence-corrected chi connectivity index (χ3v) is 3.63. The molecule has 0 aliphatic heterocycles. The molecule has 1 aliphatic carbocycles. The van der Waals surface area contributed by atoms with Gasteiger partial charge in [-0.3, -0.25) is 0 Å². The molecule has 1 atom stereocenters. The Morgan fingerprint density at radius 3 is 2.94 bits per heavy atom. The van der Waals surface area contributed by atoms with Crippen molar-refractivity contribution < 1.29 is 0 Å². The van der Waals surface area contributed by atoms with Crippen LogP contribution in [0.3, 0.4) is 0 Å². The highest BCUT2D eigenvalue weighted by molar-refractivity contribution is 7.09. The molecular formula is C12H13N3S. The fourth-order valence-corrected chi connectivity index (χ4v) is 2.74. The number of aromatic nitrogens is 2. The Morgan fingerprint density at radius 2 is 2.12 bits per heavy atom. The van der Waals surface area contributed by atoms with E-state index in [0.717, 1.165) is 18.0 Å². The second-order valence-corrected chi connectivity index (χ2v) is 4.88. The van der Waals surface area contributed by atoms with Crippen molar-refractivity contribution in [1.82, 2.24) is 9.36 Å². The average molecular weight is 231 g/mol. The van der Waals surface area contributed by atoms with Gasteiger partial charge in [0.05, 0.1) is 0 Å². The van der Waals surface area contributed by atoms with Crippen LogP contribution in [0.1, 0.15) is 17.5 Å². The van der Waals surface area contributed by atoms with Gasteiger partial charge in [0, 0.05) is 17.6 Å². The van der Waals surface area contributed by atoms with Gasteiger partial charge in [-0.15, -0.1) is 0 Å². The quantitative estimate of drug-likeness (QED) is 0.863. The van der Waals surface area contributed by atoms with E-state index in [0.29, 0.717) is 6.04 Å². The normalized spacial score (nSPS) is 19.1. The zero-order valence-corrected chi connectivity index (χ0v) is 9.70. The molecule has 1 unspecified atom stereocenters. The third kappa shape index (κ3) is 1.93. The van der Waals surface area contributed by atoms with Gasteiger partial charge in [0.2, 0.25) is 5.13 Å². The minimum Gasteiger partial charge on any atom is -0.357 e. The Bertz CT molecular complexity index is 467. The van der Waals surface area contributed by atoms with E-state index < -0.39 is 0 Å². The van der Waals surface area contributed by atoms with Gasteiger partial charge in [0.15, 0.2) is 0 Å². The molecule has 0 radical (unpaired) electrons. The van der Waals surface area contributed by atoms with E-state index in [9.17, 15) is 0 Å². The summed E-state index contributed by atoms with van der Waals surface area (Å²) in [5.41, 5.74) is 2.97. The molecular weight excluding hydrogens is 218 g/mol. The fourth-order valence-electron chi connectivity index (χ4n) is 2.23. The minimum atomic E-state index is 0.503. The van der Waals surface area contributed by atoms with E-state index in [2.05, 4.69) is 38.9 Å². The van der Waals surface area contributed by atoms with Crippen LogP contribution in [0.25, 0.3) is 0 Å². The number of rotatable bonds is 2. The van der Waals surface area contributed by atoms with Crippen molar-refractivity contribution in [1.29, 1.82) is 0 Å². The Kier molecular flexibility index (Phi) is 2.58. The topological polar surface area (TPSA) is 37.8 Å². The van der Waals surface area contributed by atoms with Crippen LogP contribution in [-0.2, 0) is 12.8 Å². The first kappa shape index (κ1) is 9.78. The molecule has 0 saturated heterocycles. The summed E-state index contributed by atoms with van der Waals surface area (Å²) in [7, 11) is 0. The Balaban J connectivity index is 1.73. The SMILES string of the molecule is c1ccc2c(c1)CCC(Nc1ncns1)C2. The Morgan fingerprint density at radius 1 is 1.25 bits per heavy atom. The monoisotopic (exact) mass is 231 g/mol. The number of benzene rings is 1. The largest absolute Gasteiger partial charge is 0.357 e. The molecule has 0 bridgehead atoms. The highest BCUT2D eigenvalue weighted by Gasteiger charge is 2.18. The molecule has 1 N–H and O–H groups in total. The second-order valence-electron chi connectivity index (χ2n) is 4.10.